The molecule has 1 atom stereocenters. The number of nitrogens with two attached hydrogens (primary N) is 1. The van der Waals surface area contributed by atoms with Crippen LogP contribution < -0.4 is 21.9 Å². The molecule has 2 heterocycles. The Morgan fingerprint density at radius 2 is 1.83 bits per heavy atom. The Labute approximate surface area is 200 Å². The van der Waals surface area contributed by atoms with Gasteiger partial charge >= 0.3 is 5.97 Å². The van der Waals surface area contributed by atoms with Crippen molar-refractivity contribution in [2.75, 3.05) is 11.1 Å². The van der Waals surface area contributed by atoms with Crippen molar-refractivity contribution in [3.05, 3.63) is 52.1 Å². The number of amides is 1. The van der Waals surface area contributed by atoms with Gasteiger partial charge in [-0.1, -0.05) is 20.8 Å². The number of fused-ring (bicyclic) bond motifs is 1. The number of carboxylic acid groups (broad SMARTS) is 1. The number of H-pyrrole nitrogens is 1. The van der Waals surface area contributed by atoms with Crippen LogP contribution in [0.5, 0.6) is 0 Å². The van der Waals surface area contributed by atoms with Crippen molar-refractivity contribution in [2.24, 2.45) is 5.41 Å². The number of benzene rings is 1. The zero-order valence-corrected chi connectivity index (χ0v) is 19.6. The largest absolute Gasteiger partial charge is 0.481 e. The van der Waals surface area contributed by atoms with Crippen LogP contribution in [0.1, 0.15) is 49.7 Å². The normalized spacial score (nSPS) is 12.2. The molecule has 0 saturated carbocycles. The lowest BCUT2D eigenvalue weighted by Gasteiger charge is -2.25. The van der Waals surface area contributed by atoms with Gasteiger partial charge in [0.2, 0.25) is 5.95 Å². The zero-order valence-electron chi connectivity index (χ0n) is 19.6. The number of aromatic nitrogens is 4. The molecule has 0 bridgehead atoms. The van der Waals surface area contributed by atoms with E-state index in [0.717, 1.165) is 0 Å². The minimum atomic E-state index is -1.04. The molecule has 12 heteroatoms. The van der Waals surface area contributed by atoms with Gasteiger partial charge in [-0.3, -0.25) is 24.2 Å². The maximum Gasteiger partial charge on any atom is 0.303 e. The fourth-order valence-corrected chi connectivity index (χ4v) is 3.29. The minimum Gasteiger partial charge on any atom is -0.481 e. The molecule has 0 aliphatic heterocycles. The number of carbonyl (C=O) groups excluding carboxylic acids is 2. The summed E-state index contributed by atoms with van der Waals surface area (Å²) >= 11 is 0. The molecule has 1 amide bonds. The quantitative estimate of drug-likeness (QED) is 0.299. The third kappa shape index (κ3) is 6.59. The van der Waals surface area contributed by atoms with E-state index in [1.807, 2.05) is 0 Å². The Bertz CT molecular complexity index is 1310. The smallest absolute Gasteiger partial charge is 0.303 e. The monoisotopic (exact) mass is 481 g/mol. The van der Waals surface area contributed by atoms with Gasteiger partial charge in [0.25, 0.3) is 11.5 Å². The number of ketones is 1. The number of nitrogens with zero attached hydrogens (tertiary/aromatic N) is 3. The Morgan fingerprint density at radius 1 is 1.14 bits per heavy atom. The molecule has 0 fully saturated rings. The Balaban J connectivity index is 1.65. The summed E-state index contributed by atoms with van der Waals surface area (Å²) in [5.41, 5.74) is 6.01. The topological polar surface area (TPSA) is 193 Å². The first-order valence-electron chi connectivity index (χ1n) is 10.9. The maximum absolute atomic E-state index is 12.7. The second kappa shape index (κ2) is 10.3. The maximum atomic E-state index is 12.7. The summed E-state index contributed by atoms with van der Waals surface area (Å²) in [6.45, 7) is 5.42. The van der Waals surface area contributed by atoms with Gasteiger partial charge in [-0.2, -0.15) is 4.98 Å². The summed E-state index contributed by atoms with van der Waals surface area (Å²) in [6, 6.07) is 5.61. The number of aliphatic carboxylic acids is 1. The van der Waals surface area contributed by atoms with Gasteiger partial charge in [-0.15, -0.1) is 0 Å². The first kappa shape index (κ1) is 25.3. The van der Waals surface area contributed by atoms with Crippen molar-refractivity contribution < 1.29 is 19.5 Å². The van der Waals surface area contributed by atoms with Gasteiger partial charge < -0.3 is 21.5 Å². The van der Waals surface area contributed by atoms with Crippen LogP contribution in [0.3, 0.4) is 0 Å². The molecule has 6 N–H and O–H groups in total. The predicted octanol–water partition coefficient (Wildman–Crippen LogP) is 1.49. The van der Waals surface area contributed by atoms with E-state index in [0.29, 0.717) is 16.9 Å². The van der Waals surface area contributed by atoms with Gasteiger partial charge in [-0.05, 0) is 30.7 Å². The van der Waals surface area contributed by atoms with E-state index < -0.39 is 28.9 Å². The van der Waals surface area contributed by atoms with E-state index in [2.05, 4.69) is 30.6 Å². The molecule has 0 aliphatic rings. The van der Waals surface area contributed by atoms with Gasteiger partial charge in [0.15, 0.2) is 16.9 Å². The lowest BCUT2D eigenvalue weighted by Crippen LogP contribution is -2.45. The standard InChI is InChI=1S/C23H27N7O5/c1-23(2,3)18(33)15(8-9-16(31)32)28-20(34)12-4-6-13(7-5-12)25-10-14-11-26-19-17(27-14)21(35)30-22(24)29-19/h4-7,11,15,25H,8-10H2,1-3H3,(H,28,34)(H,31,32)(H3,24,26,29,30,35)/t15-/m0/s1. The number of hydrogen-bond donors (Lipinski definition) is 5. The van der Waals surface area contributed by atoms with Crippen LogP contribution in [0.4, 0.5) is 11.6 Å². The second-order valence-corrected chi connectivity index (χ2v) is 8.99. The Kier molecular flexibility index (Phi) is 7.43. The molecule has 0 unspecified atom stereocenters. The van der Waals surface area contributed by atoms with Crippen molar-refractivity contribution in [1.82, 2.24) is 25.3 Å². The first-order chi connectivity index (χ1) is 16.4. The number of carboxylic acids is 1. The number of nitrogens with one attached hydrogen (secondary N) is 3. The van der Waals surface area contributed by atoms with Crippen molar-refractivity contribution >= 4 is 40.5 Å². The van der Waals surface area contributed by atoms with E-state index >= 15 is 0 Å². The van der Waals surface area contributed by atoms with Crippen LogP contribution in [-0.2, 0) is 16.1 Å². The number of anilines is 2. The molecule has 184 valence electrons. The number of carbonyl (C=O) groups is 3. The third-order valence-corrected chi connectivity index (χ3v) is 5.11. The number of aromatic amines is 1. The molecule has 0 saturated heterocycles. The molecule has 3 rings (SSSR count). The number of hydrogen-bond acceptors (Lipinski definition) is 9. The molecule has 35 heavy (non-hydrogen) atoms. The molecule has 0 radical (unpaired) electrons. The van der Waals surface area contributed by atoms with E-state index in [9.17, 15) is 19.2 Å². The predicted molar refractivity (Wildman–Crippen MR) is 129 cm³/mol. The lowest BCUT2D eigenvalue weighted by molar-refractivity contribution is -0.137. The van der Waals surface area contributed by atoms with Crippen LogP contribution >= 0.6 is 0 Å². The van der Waals surface area contributed by atoms with Crippen LogP contribution in [0, 0.1) is 5.41 Å². The average Bonchev–Trinajstić information content (AvgIpc) is 2.79. The highest BCUT2D eigenvalue weighted by Gasteiger charge is 2.31. The van der Waals surface area contributed by atoms with E-state index in [1.165, 1.54) is 6.20 Å². The molecule has 2 aromatic heterocycles. The summed E-state index contributed by atoms with van der Waals surface area (Å²) in [5, 5.41) is 14.8. The van der Waals surface area contributed by atoms with Gasteiger partial charge in [-0.25, -0.2) is 9.97 Å². The van der Waals surface area contributed by atoms with Gasteiger partial charge in [0, 0.05) is 23.1 Å². The summed E-state index contributed by atoms with van der Waals surface area (Å²) < 4.78 is 0. The van der Waals surface area contributed by atoms with Crippen LogP contribution in [0.2, 0.25) is 0 Å². The highest BCUT2D eigenvalue weighted by atomic mass is 16.4. The summed E-state index contributed by atoms with van der Waals surface area (Å²) in [5.74, 6) is -1.79. The molecular weight excluding hydrogens is 454 g/mol. The fourth-order valence-electron chi connectivity index (χ4n) is 3.29. The number of nitrogen functional groups attached to an aromatic ring is 1. The Hall–Kier alpha value is -4.35. The number of Topliss-reactive ketones (excluding diaryl/α,β-unsaturated/α-hetero) is 1. The van der Waals surface area contributed by atoms with Crippen molar-refractivity contribution in [1.29, 1.82) is 0 Å². The number of rotatable bonds is 9. The van der Waals surface area contributed by atoms with Crippen molar-refractivity contribution in [3.8, 4) is 0 Å². The SMILES string of the molecule is CC(C)(C)C(=O)[C@H](CCC(=O)O)NC(=O)c1ccc(NCc2cnc3nc(N)[nH]c(=O)c3n2)cc1. The van der Waals surface area contributed by atoms with Gasteiger partial charge in [0.05, 0.1) is 24.5 Å². The molecular formula is C23H27N7O5. The molecule has 12 nitrogen and oxygen atoms in total. The van der Waals surface area contributed by atoms with Crippen molar-refractivity contribution in [3.63, 3.8) is 0 Å². The highest BCUT2D eigenvalue weighted by molar-refractivity contribution is 5.99. The molecule has 1 aromatic carbocycles. The highest BCUT2D eigenvalue weighted by Crippen LogP contribution is 2.20. The summed E-state index contributed by atoms with van der Waals surface area (Å²) in [7, 11) is 0. The first-order valence-corrected chi connectivity index (χ1v) is 10.9. The van der Waals surface area contributed by atoms with Crippen LogP contribution in [0.25, 0.3) is 11.2 Å². The minimum absolute atomic E-state index is 0.00849. The molecule has 3 aromatic rings. The molecule has 0 aliphatic carbocycles. The fraction of sp³-hybridized carbons (Fsp3) is 0.348. The third-order valence-electron chi connectivity index (χ3n) is 5.11. The Morgan fingerprint density at radius 3 is 2.46 bits per heavy atom. The van der Waals surface area contributed by atoms with E-state index in [1.54, 1.807) is 45.0 Å². The summed E-state index contributed by atoms with van der Waals surface area (Å²) in [6.07, 6.45) is 1.25. The van der Waals surface area contributed by atoms with Crippen LogP contribution in [0.15, 0.2) is 35.3 Å². The summed E-state index contributed by atoms with van der Waals surface area (Å²) in [4.78, 5) is 63.0. The van der Waals surface area contributed by atoms with E-state index in [4.69, 9.17) is 10.8 Å². The van der Waals surface area contributed by atoms with E-state index in [-0.39, 0.29) is 42.3 Å². The lowest BCUT2D eigenvalue weighted by atomic mass is 9.84. The second-order valence-electron chi connectivity index (χ2n) is 8.99. The molecule has 0 spiro atoms. The van der Waals surface area contributed by atoms with Gasteiger partial charge in [0.1, 0.15) is 0 Å². The average molecular weight is 482 g/mol. The van der Waals surface area contributed by atoms with Crippen LogP contribution in [-0.4, -0.2) is 48.7 Å². The van der Waals surface area contributed by atoms with Crippen molar-refractivity contribution in [2.45, 2.75) is 46.2 Å². The zero-order chi connectivity index (χ0) is 25.8.